The number of fused-ring (bicyclic) bond motifs is 1. The second kappa shape index (κ2) is 6.60. The lowest BCUT2D eigenvalue weighted by Crippen LogP contribution is -2.41. The summed E-state index contributed by atoms with van der Waals surface area (Å²) in [5.41, 5.74) is 3.64. The molecule has 2 aromatic heterocycles. The number of rotatable bonds is 5. The molecule has 3 aromatic rings. The van der Waals surface area contributed by atoms with Gasteiger partial charge in [-0.15, -0.1) is 5.10 Å². The molecule has 2 aliphatic heterocycles. The second-order valence-electron chi connectivity index (χ2n) is 6.58. The fraction of sp³-hybridized carbons (Fsp3) is 0.316. The summed E-state index contributed by atoms with van der Waals surface area (Å²) in [6.07, 6.45) is 4.39. The third-order valence-corrected chi connectivity index (χ3v) is 4.76. The largest absolute Gasteiger partial charge is 0.369 e. The summed E-state index contributed by atoms with van der Waals surface area (Å²) in [5, 5.41) is 11.7. The van der Waals surface area contributed by atoms with Crippen LogP contribution in [0.1, 0.15) is 5.56 Å². The summed E-state index contributed by atoms with van der Waals surface area (Å²) in [5.74, 6) is 0. The molecule has 0 spiro atoms. The summed E-state index contributed by atoms with van der Waals surface area (Å²) < 4.78 is 13.3. The van der Waals surface area contributed by atoms with Crippen molar-refractivity contribution >= 4 is 0 Å². The summed E-state index contributed by atoms with van der Waals surface area (Å²) >= 11 is 0. The van der Waals surface area contributed by atoms with E-state index in [-0.39, 0.29) is 12.2 Å². The third kappa shape index (κ3) is 3.12. The molecule has 1 N–H and O–H groups in total. The van der Waals surface area contributed by atoms with Gasteiger partial charge in [0.25, 0.3) is 0 Å². The first kappa shape index (κ1) is 15.6. The lowest BCUT2D eigenvalue weighted by atomic mass is 10.1. The molecule has 132 valence electrons. The van der Waals surface area contributed by atoms with Gasteiger partial charge in [0.05, 0.1) is 36.4 Å². The molecule has 2 saturated heterocycles. The van der Waals surface area contributed by atoms with Crippen molar-refractivity contribution in [1.82, 2.24) is 25.3 Å². The Hall–Kier alpha value is -2.61. The number of piperidine rings is 1. The molecule has 7 heteroatoms. The van der Waals surface area contributed by atoms with E-state index in [0.717, 1.165) is 35.7 Å². The van der Waals surface area contributed by atoms with Crippen LogP contribution in [-0.4, -0.2) is 51.4 Å². The molecule has 5 rings (SSSR count). The maximum Gasteiger partial charge on any atom is 0.131 e. The molecule has 0 radical (unpaired) electrons. The summed E-state index contributed by atoms with van der Waals surface area (Å²) in [7, 11) is 0. The lowest BCUT2D eigenvalue weighted by molar-refractivity contribution is 0.0211. The Balaban J connectivity index is 1.24. The van der Waals surface area contributed by atoms with Crippen molar-refractivity contribution in [3.05, 3.63) is 60.4 Å². The van der Waals surface area contributed by atoms with E-state index in [0.29, 0.717) is 12.7 Å². The molecule has 1 aromatic carbocycles. The number of hydrogen-bond acceptors (Lipinski definition) is 6. The number of hydrogen-bond donors (Lipinski definition) is 1. The van der Waals surface area contributed by atoms with Gasteiger partial charge in [-0.1, -0.05) is 23.4 Å². The van der Waals surface area contributed by atoms with Crippen LogP contribution in [0.3, 0.4) is 0 Å². The van der Waals surface area contributed by atoms with E-state index in [1.807, 2.05) is 36.5 Å². The standard InChI is InChI=1S/C19H19N5O2/c1-2-8-21-15(3-1)16-11-24(23-22-16)14-6-4-13(5-7-14)12-25-17-9-20-10-18-19(17)26-18/h1-8,11,17-20H,9-10,12H2/t17-,18-,19-/m1/s1. The van der Waals surface area contributed by atoms with Crippen molar-refractivity contribution < 1.29 is 9.47 Å². The van der Waals surface area contributed by atoms with Gasteiger partial charge in [-0.2, -0.15) is 0 Å². The van der Waals surface area contributed by atoms with Gasteiger partial charge in [-0.3, -0.25) is 4.98 Å². The van der Waals surface area contributed by atoms with Crippen molar-refractivity contribution in [2.75, 3.05) is 13.1 Å². The highest BCUT2D eigenvalue weighted by Gasteiger charge is 2.48. The monoisotopic (exact) mass is 349 g/mol. The van der Waals surface area contributed by atoms with Crippen LogP contribution < -0.4 is 5.32 Å². The second-order valence-corrected chi connectivity index (χ2v) is 6.58. The van der Waals surface area contributed by atoms with E-state index in [1.54, 1.807) is 10.9 Å². The molecular weight excluding hydrogens is 330 g/mol. The number of nitrogens with one attached hydrogen (secondary N) is 1. The molecule has 0 saturated carbocycles. The van der Waals surface area contributed by atoms with Crippen LogP contribution in [0, 0.1) is 0 Å². The van der Waals surface area contributed by atoms with Crippen molar-refractivity contribution in [1.29, 1.82) is 0 Å². The summed E-state index contributed by atoms with van der Waals surface area (Å²) in [6, 6.07) is 13.9. The van der Waals surface area contributed by atoms with Gasteiger partial charge in [0.15, 0.2) is 0 Å². The van der Waals surface area contributed by atoms with Crippen molar-refractivity contribution in [2.24, 2.45) is 0 Å². The van der Waals surface area contributed by atoms with Crippen molar-refractivity contribution in [2.45, 2.75) is 24.9 Å². The van der Waals surface area contributed by atoms with E-state index >= 15 is 0 Å². The maximum atomic E-state index is 6.00. The lowest BCUT2D eigenvalue weighted by Gasteiger charge is -2.20. The Morgan fingerprint density at radius 2 is 2.04 bits per heavy atom. The van der Waals surface area contributed by atoms with E-state index in [9.17, 15) is 0 Å². The molecule has 0 aliphatic carbocycles. The first-order chi connectivity index (χ1) is 12.9. The van der Waals surface area contributed by atoms with E-state index in [2.05, 4.69) is 32.7 Å². The highest BCUT2D eigenvalue weighted by molar-refractivity contribution is 5.52. The Morgan fingerprint density at radius 3 is 2.88 bits per heavy atom. The highest BCUT2D eigenvalue weighted by Crippen LogP contribution is 2.29. The number of benzene rings is 1. The third-order valence-electron chi connectivity index (χ3n) is 4.76. The fourth-order valence-electron chi connectivity index (χ4n) is 3.26. The Bertz CT molecular complexity index is 880. The summed E-state index contributed by atoms with van der Waals surface area (Å²) in [4.78, 5) is 4.30. The van der Waals surface area contributed by atoms with Gasteiger partial charge in [0.1, 0.15) is 11.8 Å². The molecule has 2 fully saturated rings. The molecule has 2 aliphatic rings. The minimum Gasteiger partial charge on any atom is -0.369 e. The molecule has 3 atom stereocenters. The number of epoxide rings is 1. The number of pyridine rings is 1. The van der Waals surface area contributed by atoms with Gasteiger partial charge in [0.2, 0.25) is 0 Å². The number of nitrogens with zero attached hydrogens (tertiary/aromatic N) is 4. The highest BCUT2D eigenvalue weighted by atomic mass is 16.6. The zero-order valence-corrected chi connectivity index (χ0v) is 14.2. The first-order valence-electron chi connectivity index (χ1n) is 8.78. The predicted molar refractivity (Wildman–Crippen MR) is 94.7 cm³/mol. The minimum absolute atomic E-state index is 0.143. The van der Waals surface area contributed by atoms with Crippen LogP contribution in [0.25, 0.3) is 17.1 Å². The normalized spacial score (nSPS) is 24.2. The molecule has 0 unspecified atom stereocenters. The summed E-state index contributed by atoms with van der Waals surface area (Å²) in [6.45, 7) is 2.38. The quantitative estimate of drug-likeness (QED) is 0.705. The first-order valence-corrected chi connectivity index (χ1v) is 8.78. The SMILES string of the molecule is c1ccc(-c2cn(-c3ccc(CO[C@@H]4CNC[C@H]5O[C@H]45)cc3)nn2)nc1. The molecule has 0 bridgehead atoms. The predicted octanol–water partition coefficient (Wildman–Crippen LogP) is 1.59. The fourth-order valence-corrected chi connectivity index (χ4v) is 3.26. The van der Waals surface area contributed by atoms with Gasteiger partial charge < -0.3 is 14.8 Å². The van der Waals surface area contributed by atoms with Crippen LogP contribution in [0.5, 0.6) is 0 Å². The van der Waals surface area contributed by atoms with Gasteiger partial charge in [0, 0.05) is 19.3 Å². The molecule has 0 amide bonds. The Morgan fingerprint density at radius 1 is 1.12 bits per heavy atom. The van der Waals surface area contributed by atoms with Gasteiger partial charge >= 0.3 is 0 Å². The molecular formula is C19H19N5O2. The van der Waals surface area contributed by atoms with Crippen LogP contribution in [0.2, 0.25) is 0 Å². The van der Waals surface area contributed by atoms with Crippen LogP contribution in [0.4, 0.5) is 0 Å². The van der Waals surface area contributed by atoms with E-state index in [1.165, 1.54) is 0 Å². The average molecular weight is 349 g/mol. The maximum absolute atomic E-state index is 6.00. The molecule has 7 nitrogen and oxygen atoms in total. The van der Waals surface area contributed by atoms with E-state index < -0.39 is 0 Å². The topological polar surface area (TPSA) is 77.4 Å². The van der Waals surface area contributed by atoms with Crippen molar-refractivity contribution in [3.63, 3.8) is 0 Å². The molecule has 4 heterocycles. The van der Waals surface area contributed by atoms with Crippen LogP contribution in [0.15, 0.2) is 54.9 Å². The number of aromatic nitrogens is 4. The Kier molecular flexibility index (Phi) is 3.97. The minimum atomic E-state index is 0.143. The zero-order valence-electron chi connectivity index (χ0n) is 14.2. The smallest absolute Gasteiger partial charge is 0.131 e. The number of ether oxygens (including phenoxy) is 2. The van der Waals surface area contributed by atoms with Crippen LogP contribution >= 0.6 is 0 Å². The van der Waals surface area contributed by atoms with Crippen LogP contribution in [-0.2, 0) is 16.1 Å². The van der Waals surface area contributed by atoms with Crippen molar-refractivity contribution in [3.8, 4) is 17.1 Å². The zero-order chi connectivity index (χ0) is 17.3. The van der Waals surface area contributed by atoms with Gasteiger partial charge in [-0.05, 0) is 29.8 Å². The Labute approximate surface area is 151 Å². The van der Waals surface area contributed by atoms with E-state index in [4.69, 9.17) is 9.47 Å². The van der Waals surface area contributed by atoms with Gasteiger partial charge in [-0.25, -0.2) is 4.68 Å². The molecule has 26 heavy (non-hydrogen) atoms. The average Bonchev–Trinajstić information content (AvgIpc) is 3.34.